The monoisotopic (exact) mass is 350 g/mol. The van der Waals surface area contributed by atoms with E-state index in [-0.39, 0.29) is 36.1 Å². The Bertz CT molecular complexity index is 298. The molecule has 0 saturated carbocycles. The number of carbonyl (C=O) groups is 2. The van der Waals surface area contributed by atoms with E-state index >= 15 is 0 Å². The maximum Gasteiger partial charge on any atom is 1.00 e. The molecule has 0 aliphatic heterocycles. The van der Waals surface area contributed by atoms with E-state index < -0.39 is 11.9 Å². The van der Waals surface area contributed by atoms with Gasteiger partial charge in [0.05, 0.1) is 6.54 Å². The van der Waals surface area contributed by atoms with Crippen LogP contribution in [-0.4, -0.2) is 25.5 Å². The fraction of sp³-hybridized carbons (Fsp3) is 0.895. The normalized spacial score (nSPS) is 10.2. The van der Waals surface area contributed by atoms with Gasteiger partial charge in [0.15, 0.2) is 0 Å². The van der Waals surface area contributed by atoms with Crippen LogP contribution < -0.4 is 34.9 Å². The molecule has 0 radical (unpaired) electrons. The fourth-order valence-corrected chi connectivity index (χ4v) is 2.65. The van der Waals surface area contributed by atoms with Crippen molar-refractivity contribution in [2.45, 2.75) is 96.8 Å². The van der Waals surface area contributed by atoms with Crippen molar-refractivity contribution in [1.29, 1.82) is 0 Å². The number of rotatable bonds is 16. The molecule has 0 saturated heterocycles. The second kappa shape index (κ2) is 21.1. The Balaban J connectivity index is 0. The molecule has 5 heteroatoms. The third-order valence-corrected chi connectivity index (χ3v) is 4.03. The van der Waals surface area contributed by atoms with Crippen molar-refractivity contribution in [3.63, 3.8) is 0 Å². The first kappa shape index (κ1) is 26.3. The Labute approximate surface area is 171 Å². The molecule has 24 heavy (non-hydrogen) atoms. The van der Waals surface area contributed by atoms with Crippen LogP contribution in [0.1, 0.15) is 96.8 Å². The molecule has 1 N–H and O–H groups in total. The number of hydrogen-bond donors (Lipinski definition) is 1. The maximum absolute atomic E-state index is 11.4. The van der Waals surface area contributed by atoms with Crippen molar-refractivity contribution in [2.75, 3.05) is 13.6 Å². The first-order valence-corrected chi connectivity index (χ1v) is 9.58. The summed E-state index contributed by atoms with van der Waals surface area (Å²) in [6.07, 6.45) is 17.0. The van der Waals surface area contributed by atoms with Crippen molar-refractivity contribution in [3.05, 3.63) is 0 Å². The van der Waals surface area contributed by atoms with Gasteiger partial charge in [-0.2, -0.15) is 0 Å². The second-order valence-electron chi connectivity index (χ2n) is 6.37. The van der Waals surface area contributed by atoms with E-state index in [1.165, 1.54) is 70.6 Å². The van der Waals surface area contributed by atoms with Crippen LogP contribution in [0.5, 0.6) is 0 Å². The molecule has 0 aromatic carbocycles. The third-order valence-electron chi connectivity index (χ3n) is 4.03. The molecule has 136 valence electrons. The Morgan fingerprint density at radius 3 is 1.54 bits per heavy atom. The summed E-state index contributed by atoms with van der Waals surface area (Å²) in [6.45, 7) is 2.34. The van der Waals surface area contributed by atoms with Crippen LogP contribution in [0.25, 0.3) is 0 Å². The van der Waals surface area contributed by atoms with Gasteiger partial charge in [0.25, 0.3) is 0 Å². The van der Waals surface area contributed by atoms with E-state index in [1.54, 1.807) is 7.05 Å². The summed E-state index contributed by atoms with van der Waals surface area (Å²) in [6, 6.07) is 0. The quantitative estimate of drug-likeness (QED) is 0.199. The minimum Gasteiger partial charge on any atom is -0.392 e. The molecule has 0 aliphatic carbocycles. The summed E-state index contributed by atoms with van der Waals surface area (Å²) in [5.41, 5.74) is 0. The molecule has 0 aromatic rings. The molecular formula is C19H37NNaO3+. The largest absolute Gasteiger partial charge is 1.00 e. The summed E-state index contributed by atoms with van der Waals surface area (Å²) >= 11 is 0. The third kappa shape index (κ3) is 20.1. The van der Waals surface area contributed by atoms with E-state index in [0.717, 1.165) is 12.8 Å². The molecule has 0 aliphatic rings. The van der Waals surface area contributed by atoms with E-state index in [4.69, 9.17) is 0 Å². The van der Waals surface area contributed by atoms with Crippen LogP contribution in [0.3, 0.4) is 0 Å². The minimum atomic E-state index is -0.493. The molecule has 0 fully saturated rings. The van der Waals surface area contributed by atoms with Gasteiger partial charge >= 0.3 is 41.5 Å². The number of unbranched alkanes of at least 4 members (excludes halogenated alkanes) is 12. The van der Waals surface area contributed by atoms with E-state index in [0.29, 0.717) is 6.42 Å². The van der Waals surface area contributed by atoms with E-state index in [9.17, 15) is 9.59 Å². The molecule has 0 spiro atoms. The first-order valence-electron chi connectivity index (χ1n) is 9.58. The second-order valence-corrected chi connectivity index (χ2v) is 6.37. The van der Waals surface area contributed by atoms with Crippen LogP contribution >= 0.6 is 0 Å². The number of hydrogen-bond acceptors (Lipinski definition) is 4. The Morgan fingerprint density at radius 1 is 0.708 bits per heavy atom. The molecule has 0 aromatic heterocycles. The smallest absolute Gasteiger partial charge is 0.392 e. The van der Waals surface area contributed by atoms with Crippen molar-refractivity contribution in [3.8, 4) is 0 Å². The van der Waals surface area contributed by atoms with Crippen molar-refractivity contribution >= 4 is 11.9 Å². The zero-order valence-corrected chi connectivity index (χ0v) is 18.3. The molecule has 0 unspecified atom stereocenters. The van der Waals surface area contributed by atoms with Gasteiger partial charge in [-0.05, 0) is 13.5 Å². The van der Waals surface area contributed by atoms with Crippen LogP contribution in [0, 0.1) is 0 Å². The molecule has 0 bridgehead atoms. The molecular weight excluding hydrogens is 313 g/mol. The number of likely N-dealkylation sites (N-methyl/N-ethyl adjacent to an activating group) is 1. The predicted molar refractivity (Wildman–Crippen MR) is 95.3 cm³/mol. The summed E-state index contributed by atoms with van der Waals surface area (Å²) < 4.78 is 4.66. The Hall–Kier alpha value is 0.1000. The van der Waals surface area contributed by atoms with Gasteiger partial charge in [-0.25, -0.2) is 0 Å². The average molecular weight is 350 g/mol. The van der Waals surface area contributed by atoms with Gasteiger partial charge in [-0.3, -0.25) is 9.59 Å². The van der Waals surface area contributed by atoms with Gasteiger partial charge < -0.3 is 10.1 Å². The number of carbonyl (C=O) groups excluding carboxylic acids is 2. The molecule has 4 nitrogen and oxygen atoms in total. The molecule has 0 atom stereocenters. The SMILES string of the molecule is CCCCCCCCCCCCCCCC(=O)OC(=O)CNC.[Na+]. The maximum atomic E-state index is 11.4. The standard InChI is InChI=1S/C19H37NO3.Na/c1-3-4-5-6-7-8-9-10-11-12-13-14-15-16-18(21)23-19(22)17-20-2;/h20H,3-17H2,1-2H3;/q;+1. The topological polar surface area (TPSA) is 55.4 Å². The van der Waals surface area contributed by atoms with Gasteiger partial charge in [0.1, 0.15) is 0 Å². The number of nitrogens with one attached hydrogen (secondary N) is 1. The summed E-state index contributed by atoms with van der Waals surface area (Å²) in [5, 5.41) is 2.66. The van der Waals surface area contributed by atoms with Crippen LogP contribution in [0.4, 0.5) is 0 Å². The summed E-state index contributed by atoms with van der Waals surface area (Å²) in [5.74, 6) is -0.888. The first-order chi connectivity index (χ1) is 11.2. The van der Waals surface area contributed by atoms with Crippen LogP contribution in [0.2, 0.25) is 0 Å². The van der Waals surface area contributed by atoms with Gasteiger partial charge in [-0.1, -0.05) is 84.0 Å². The van der Waals surface area contributed by atoms with Crippen molar-refractivity contribution in [2.24, 2.45) is 0 Å². The summed E-state index contributed by atoms with van der Waals surface area (Å²) in [7, 11) is 1.65. The van der Waals surface area contributed by atoms with Crippen LogP contribution in [0.15, 0.2) is 0 Å². The molecule has 0 heterocycles. The summed E-state index contributed by atoms with van der Waals surface area (Å²) in [4.78, 5) is 22.4. The number of ether oxygens (including phenoxy) is 1. The fourth-order valence-electron chi connectivity index (χ4n) is 2.65. The van der Waals surface area contributed by atoms with Gasteiger partial charge in [0.2, 0.25) is 0 Å². The Morgan fingerprint density at radius 2 is 1.12 bits per heavy atom. The van der Waals surface area contributed by atoms with Gasteiger partial charge in [-0.15, -0.1) is 0 Å². The zero-order chi connectivity index (χ0) is 17.2. The number of esters is 2. The van der Waals surface area contributed by atoms with E-state index in [1.807, 2.05) is 0 Å². The zero-order valence-electron chi connectivity index (χ0n) is 16.3. The molecule has 0 amide bonds. The van der Waals surface area contributed by atoms with Crippen LogP contribution in [-0.2, 0) is 14.3 Å². The van der Waals surface area contributed by atoms with E-state index in [2.05, 4.69) is 17.0 Å². The molecule has 0 rings (SSSR count). The Kier molecular flexibility index (Phi) is 23.2. The average Bonchev–Trinajstić information content (AvgIpc) is 2.52. The van der Waals surface area contributed by atoms with Gasteiger partial charge in [0, 0.05) is 6.42 Å². The minimum absolute atomic E-state index is 0. The van der Waals surface area contributed by atoms with Crippen molar-refractivity contribution in [1.82, 2.24) is 5.32 Å². The predicted octanol–water partition coefficient (Wildman–Crippen LogP) is 1.76. The van der Waals surface area contributed by atoms with Crippen molar-refractivity contribution < 1.29 is 43.9 Å².